The average molecular weight is 272 g/mol. The molecule has 19 heavy (non-hydrogen) atoms. The molecule has 1 rings (SSSR count). The van der Waals surface area contributed by atoms with Crippen LogP contribution < -0.4 is 5.32 Å². The van der Waals surface area contributed by atoms with E-state index >= 15 is 0 Å². The Bertz CT molecular complexity index is 358. The quantitative estimate of drug-likeness (QED) is 0.714. The maximum atomic E-state index is 12.0. The number of hydrogen-bond donors (Lipinski definition) is 2. The van der Waals surface area contributed by atoms with Gasteiger partial charge in [-0.1, -0.05) is 6.92 Å². The highest BCUT2D eigenvalue weighted by atomic mass is 16.5. The van der Waals surface area contributed by atoms with Crippen molar-refractivity contribution in [1.82, 2.24) is 10.2 Å². The Hall–Kier alpha value is -1.79. The first-order valence-corrected chi connectivity index (χ1v) is 6.36. The lowest BCUT2D eigenvalue weighted by Gasteiger charge is -2.25. The van der Waals surface area contributed by atoms with Crippen LogP contribution in [0.3, 0.4) is 0 Å². The van der Waals surface area contributed by atoms with E-state index in [1.165, 1.54) is 7.11 Å². The van der Waals surface area contributed by atoms with Crippen molar-refractivity contribution in [1.29, 1.82) is 0 Å². The number of rotatable bonds is 5. The van der Waals surface area contributed by atoms with Gasteiger partial charge in [-0.05, 0) is 19.3 Å². The van der Waals surface area contributed by atoms with Crippen molar-refractivity contribution in [2.24, 2.45) is 0 Å². The van der Waals surface area contributed by atoms with Gasteiger partial charge in [-0.25, -0.2) is 9.59 Å². The van der Waals surface area contributed by atoms with Gasteiger partial charge in [0.1, 0.15) is 6.04 Å². The normalized spacial score (nSPS) is 19.9. The second-order valence-electron chi connectivity index (χ2n) is 4.52. The summed E-state index contributed by atoms with van der Waals surface area (Å²) in [5.41, 5.74) is 0. The number of carboxylic acid groups (broad SMARTS) is 1. The topological polar surface area (TPSA) is 95.9 Å². The zero-order valence-corrected chi connectivity index (χ0v) is 11.2. The standard InChI is InChI=1S/C12H20N2O5/c1-3-8-5-4-6-14(8)12(18)13-9(11(16)17)7-10(15)19-2/h8-9H,3-7H2,1-2H3,(H,13,18)(H,16,17)/t8?,9-/m0/s1. The Morgan fingerprint density at radius 3 is 2.68 bits per heavy atom. The minimum atomic E-state index is -1.25. The summed E-state index contributed by atoms with van der Waals surface area (Å²) in [6.45, 7) is 2.61. The molecule has 0 saturated carbocycles. The Morgan fingerprint density at radius 1 is 1.47 bits per heavy atom. The number of hydrogen-bond acceptors (Lipinski definition) is 4. The van der Waals surface area contributed by atoms with Crippen LogP contribution in [0.25, 0.3) is 0 Å². The summed E-state index contributed by atoms with van der Waals surface area (Å²) in [6.07, 6.45) is 2.31. The van der Waals surface area contributed by atoms with Crippen LogP contribution in [0.5, 0.6) is 0 Å². The van der Waals surface area contributed by atoms with Gasteiger partial charge >= 0.3 is 18.0 Å². The van der Waals surface area contributed by atoms with Crippen molar-refractivity contribution in [2.75, 3.05) is 13.7 Å². The smallest absolute Gasteiger partial charge is 0.326 e. The molecule has 0 spiro atoms. The Kier molecular flexibility index (Phi) is 5.59. The first-order chi connectivity index (χ1) is 8.99. The fourth-order valence-electron chi connectivity index (χ4n) is 2.21. The van der Waals surface area contributed by atoms with E-state index in [2.05, 4.69) is 10.1 Å². The van der Waals surface area contributed by atoms with Crippen molar-refractivity contribution in [3.8, 4) is 0 Å². The van der Waals surface area contributed by atoms with Crippen LogP contribution in [-0.4, -0.2) is 53.7 Å². The van der Waals surface area contributed by atoms with Crippen molar-refractivity contribution in [3.05, 3.63) is 0 Å². The van der Waals surface area contributed by atoms with Crippen molar-refractivity contribution in [3.63, 3.8) is 0 Å². The lowest BCUT2D eigenvalue weighted by atomic mass is 10.2. The molecule has 0 aliphatic carbocycles. The molecule has 1 heterocycles. The average Bonchev–Trinajstić information content (AvgIpc) is 2.85. The van der Waals surface area contributed by atoms with Crippen LogP contribution in [-0.2, 0) is 14.3 Å². The number of esters is 1. The number of carboxylic acids is 1. The number of nitrogens with zero attached hydrogens (tertiary/aromatic N) is 1. The Morgan fingerprint density at radius 2 is 2.16 bits per heavy atom. The summed E-state index contributed by atoms with van der Waals surface area (Å²) in [4.78, 5) is 35.7. The number of carbonyl (C=O) groups is 3. The maximum Gasteiger partial charge on any atom is 0.326 e. The SMILES string of the molecule is CCC1CCCN1C(=O)N[C@@H](CC(=O)OC)C(=O)O. The molecule has 7 heteroatoms. The van der Waals surface area contributed by atoms with E-state index in [1.807, 2.05) is 6.92 Å². The Balaban J connectivity index is 2.60. The predicted octanol–water partition coefficient (Wildman–Crippen LogP) is 0.587. The molecule has 7 nitrogen and oxygen atoms in total. The first-order valence-electron chi connectivity index (χ1n) is 6.36. The molecule has 2 amide bonds. The molecule has 1 unspecified atom stereocenters. The zero-order chi connectivity index (χ0) is 14.4. The van der Waals surface area contributed by atoms with Gasteiger partial charge in [0.05, 0.1) is 13.5 Å². The molecule has 1 aliphatic heterocycles. The van der Waals surface area contributed by atoms with Crippen molar-refractivity contribution in [2.45, 2.75) is 44.7 Å². The second kappa shape index (κ2) is 6.96. The molecule has 1 fully saturated rings. The zero-order valence-electron chi connectivity index (χ0n) is 11.2. The Labute approximate surface area is 111 Å². The van der Waals surface area contributed by atoms with Crippen LogP contribution in [0.15, 0.2) is 0 Å². The van der Waals surface area contributed by atoms with Crippen LogP contribution in [0, 0.1) is 0 Å². The highest BCUT2D eigenvalue weighted by Gasteiger charge is 2.31. The van der Waals surface area contributed by atoms with Gasteiger partial charge in [0.15, 0.2) is 0 Å². The number of amides is 2. The number of nitrogens with one attached hydrogen (secondary N) is 1. The molecule has 0 radical (unpaired) electrons. The van der Waals surface area contributed by atoms with E-state index in [0.29, 0.717) is 6.54 Å². The lowest BCUT2D eigenvalue weighted by molar-refractivity contribution is -0.147. The number of aliphatic carboxylic acids is 1. The van der Waals surface area contributed by atoms with Crippen LogP contribution in [0.4, 0.5) is 4.79 Å². The molecular weight excluding hydrogens is 252 g/mol. The summed E-state index contributed by atoms with van der Waals surface area (Å²) < 4.78 is 4.41. The van der Waals surface area contributed by atoms with E-state index in [9.17, 15) is 14.4 Å². The fourth-order valence-corrected chi connectivity index (χ4v) is 2.21. The summed E-state index contributed by atoms with van der Waals surface area (Å²) >= 11 is 0. The van der Waals surface area contributed by atoms with Gasteiger partial charge in [0.25, 0.3) is 0 Å². The fraction of sp³-hybridized carbons (Fsp3) is 0.750. The molecule has 1 saturated heterocycles. The number of carbonyl (C=O) groups excluding carboxylic acids is 2. The summed E-state index contributed by atoms with van der Waals surface area (Å²) in [6, 6.07) is -1.54. The van der Waals surface area contributed by atoms with Crippen molar-refractivity contribution >= 4 is 18.0 Å². The first kappa shape index (κ1) is 15.3. The van der Waals surface area contributed by atoms with Crippen LogP contribution >= 0.6 is 0 Å². The maximum absolute atomic E-state index is 12.0. The predicted molar refractivity (Wildman–Crippen MR) is 66.6 cm³/mol. The molecule has 0 aromatic carbocycles. The van der Waals surface area contributed by atoms with Crippen molar-refractivity contribution < 1.29 is 24.2 Å². The summed E-state index contributed by atoms with van der Waals surface area (Å²) in [5.74, 6) is -1.91. The third-order valence-electron chi connectivity index (χ3n) is 3.30. The highest BCUT2D eigenvalue weighted by Crippen LogP contribution is 2.19. The molecule has 2 N–H and O–H groups in total. The summed E-state index contributed by atoms with van der Waals surface area (Å²) in [5, 5.41) is 11.4. The third kappa shape index (κ3) is 4.11. The molecule has 108 valence electrons. The molecule has 2 atom stereocenters. The highest BCUT2D eigenvalue weighted by molar-refractivity contribution is 5.86. The molecule has 0 aromatic rings. The molecular formula is C12H20N2O5. The number of likely N-dealkylation sites (tertiary alicyclic amines) is 1. The monoisotopic (exact) mass is 272 g/mol. The van der Waals surface area contributed by atoms with Gasteiger partial charge < -0.3 is 20.1 Å². The second-order valence-corrected chi connectivity index (χ2v) is 4.52. The van der Waals surface area contributed by atoms with Gasteiger partial charge in [-0.3, -0.25) is 4.79 Å². The third-order valence-corrected chi connectivity index (χ3v) is 3.30. The van der Waals surface area contributed by atoms with E-state index in [0.717, 1.165) is 19.3 Å². The van der Waals surface area contributed by atoms with E-state index in [4.69, 9.17) is 5.11 Å². The molecule has 1 aliphatic rings. The minimum Gasteiger partial charge on any atom is -0.480 e. The van der Waals surface area contributed by atoms with Gasteiger partial charge in [0.2, 0.25) is 0 Å². The minimum absolute atomic E-state index is 0.146. The van der Waals surface area contributed by atoms with E-state index < -0.39 is 24.0 Å². The molecule has 0 aromatic heterocycles. The number of methoxy groups -OCH3 is 1. The lowest BCUT2D eigenvalue weighted by Crippen LogP contribution is -2.50. The largest absolute Gasteiger partial charge is 0.480 e. The van der Waals surface area contributed by atoms with E-state index in [1.54, 1.807) is 4.90 Å². The number of urea groups is 1. The van der Waals surface area contributed by atoms with Crippen LogP contribution in [0.1, 0.15) is 32.6 Å². The summed E-state index contributed by atoms with van der Waals surface area (Å²) in [7, 11) is 1.18. The van der Waals surface area contributed by atoms with E-state index in [-0.39, 0.29) is 12.5 Å². The molecule has 0 bridgehead atoms. The van der Waals surface area contributed by atoms with Gasteiger partial charge in [-0.15, -0.1) is 0 Å². The number of ether oxygens (including phenoxy) is 1. The van der Waals surface area contributed by atoms with Gasteiger partial charge in [-0.2, -0.15) is 0 Å². The van der Waals surface area contributed by atoms with Crippen LogP contribution in [0.2, 0.25) is 0 Å². The van der Waals surface area contributed by atoms with Gasteiger partial charge in [0, 0.05) is 12.6 Å².